The highest BCUT2D eigenvalue weighted by Crippen LogP contribution is 2.19. The Hall–Kier alpha value is -2.76. The lowest BCUT2D eigenvalue weighted by Crippen LogP contribution is -2.21. The molecule has 0 amide bonds. The molecule has 22 heavy (non-hydrogen) atoms. The minimum absolute atomic E-state index is 0.0954. The maximum absolute atomic E-state index is 12.2. The van der Waals surface area contributed by atoms with Crippen molar-refractivity contribution in [3.63, 3.8) is 0 Å². The first-order chi connectivity index (χ1) is 10.6. The van der Waals surface area contributed by atoms with E-state index in [9.17, 15) is 9.59 Å². The van der Waals surface area contributed by atoms with Crippen LogP contribution in [0.4, 0.5) is 0 Å². The molecule has 0 aliphatic rings. The number of imidazole rings is 1. The minimum Gasteiger partial charge on any atom is -0.292 e. The second kappa shape index (κ2) is 5.55. The second-order valence-electron chi connectivity index (χ2n) is 5.09. The predicted molar refractivity (Wildman–Crippen MR) is 83.0 cm³/mol. The maximum atomic E-state index is 12.2. The zero-order chi connectivity index (χ0) is 15.7. The quantitative estimate of drug-likeness (QED) is 0.749. The van der Waals surface area contributed by atoms with Gasteiger partial charge in [-0.05, 0) is 12.5 Å². The van der Waals surface area contributed by atoms with Gasteiger partial charge in [0.15, 0.2) is 17.1 Å². The maximum Gasteiger partial charge on any atom is 0.329 e. The van der Waals surface area contributed by atoms with Crippen LogP contribution in [0, 0.1) is 0 Å². The van der Waals surface area contributed by atoms with Gasteiger partial charge in [0, 0.05) is 6.42 Å². The summed E-state index contributed by atoms with van der Waals surface area (Å²) in [5.74, 6) is -0.0954. The van der Waals surface area contributed by atoms with Crippen molar-refractivity contribution in [2.75, 3.05) is 0 Å². The lowest BCUT2D eigenvalue weighted by molar-refractivity contribution is 0.0983. The van der Waals surface area contributed by atoms with E-state index in [1.165, 1.54) is 10.8 Å². The number of Topliss-reactive ketones (excluding diaryl/α,β-unsaturated/α-hetero) is 1. The van der Waals surface area contributed by atoms with Gasteiger partial charge < -0.3 is 0 Å². The van der Waals surface area contributed by atoms with Crippen LogP contribution >= 0.6 is 0 Å². The molecule has 1 N–H and O–H groups in total. The third-order valence-corrected chi connectivity index (χ3v) is 3.70. The van der Waals surface area contributed by atoms with Gasteiger partial charge in [-0.25, -0.2) is 14.8 Å². The summed E-state index contributed by atoms with van der Waals surface area (Å²) in [5.41, 5.74) is 1.77. The smallest absolute Gasteiger partial charge is 0.292 e. The largest absolute Gasteiger partial charge is 0.329 e. The number of ketones is 1. The molecular formula is C16H16N4O2. The van der Waals surface area contributed by atoms with Crippen LogP contribution in [-0.2, 0) is 0 Å². The molecule has 0 unspecified atom stereocenters. The molecule has 0 saturated carbocycles. The average Bonchev–Trinajstić information content (AvgIpc) is 2.89. The third-order valence-electron chi connectivity index (χ3n) is 3.70. The number of aromatic nitrogens is 4. The molecule has 0 bridgehead atoms. The van der Waals surface area contributed by atoms with Crippen LogP contribution in [0.2, 0.25) is 0 Å². The molecule has 0 radical (unpaired) electrons. The molecule has 0 fully saturated rings. The number of nitrogens with zero attached hydrogens (tertiary/aromatic N) is 3. The molecule has 0 saturated heterocycles. The number of hydrogen-bond acceptors (Lipinski definition) is 4. The topological polar surface area (TPSA) is 80.6 Å². The van der Waals surface area contributed by atoms with Gasteiger partial charge in [-0.1, -0.05) is 37.3 Å². The van der Waals surface area contributed by atoms with Crippen molar-refractivity contribution in [2.45, 2.75) is 26.3 Å². The molecule has 0 aliphatic carbocycles. The van der Waals surface area contributed by atoms with Crippen molar-refractivity contribution in [1.82, 2.24) is 19.5 Å². The number of rotatable bonds is 4. The first kappa shape index (κ1) is 14.2. The van der Waals surface area contributed by atoms with Gasteiger partial charge in [0.05, 0.1) is 12.2 Å². The Bertz CT molecular complexity index is 880. The molecule has 3 aromatic rings. The second-order valence-corrected chi connectivity index (χ2v) is 5.09. The van der Waals surface area contributed by atoms with Gasteiger partial charge >= 0.3 is 5.69 Å². The van der Waals surface area contributed by atoms with Crippen LogP contribution in [0.3, 0.4) is 0 Å². The SMILES string of the molecule is CCC(=O)c1cnc2[nH]c(=O)n([C@@H](C)c3ccccc3)c2n1. The molecule has 0 spiro atoms. The van der Waals surface area contributed by atoms with Crippen LogP contribution in [0.25, 0.3) is 11.3 Å². The standard InChI is InChI=1S/C16H16N4O2/c1-3-13(21)12-9-17-14-15(18-12)20(16(22)19-14)10(2)11-7-5-4-6-8-11/h4-10H,3H2,1-2H3,(H,17,19,22)/t10-/m0/s1. The van der Waals surface area contributed by atoms with E-state index in [2.05, 4.69) is 15.0 Å². The highest BCUT2D eigenvalue weighted by atomic mass is 16.1. The lowest BCUT2D eigenvalue weighted by atomic mass is 10.1. The fourth-order valence-electron chi connectivity index (χ4n) is 2.45. The van der Waals surface area contributed by atoms with E-state index in [-0.39, 0.29) is 23.2 Å². The number of carbonyl (C=O) groups excluding carboxylic acids is 1. The van der Waals surface area contributed by atoms with E-state index >= 15 is 0 Å². The number of nitrogens with one attached hydrogen (secondary N) is 1. The summed E-state index contributed by atoms with van der Waals surface area (Å²) < 4.78 is 1.53. The summed E-state index contributed by atoms with van der Waals surface area (Å²) >= 11 is 0. The summed E-state index contributed by atoms with van der Waals surface area (Å²) in [4.78, 5) is 35.2. The summed E-state index contributed by atoms with van der Waals surface area (Å²) in [5, 5.41) is 0. The Morgan fingerprint density at radius 3 is 2.73 bits per heavy atom. The van der Waals surface area contributed by atoms with E-state index in [4.69, 9.17) is 0 Å². The zero-order valence-electron chi connectivity index (χ0n) is 12.4. The molecule has 6 heteroatoms. The first-order valence-corrected chi connectivity index (χ1v) is 7.17. The molecule has 6 nitrogen and oxygen atoms in total. The Morgan fingerprint density at radius 1 is 1.32 bits per heavy atom. The Labute approximate surface area is 126 Å². The van der Waals surface area contributed by atoms with Gasteiger partial charge in [-0.2, -0.15) is 0 Å². The van der Waals surface area contributed by atoms with Gasteiger partial charge in [0.1, 0.15) is 5.69 Å². The monoisotopic (exact) mass is 296 g/mol. The summed E-state index contributed by atoms with van der Waals surface area (Å²) in [6.45, 7) is 3.69. The summed E-state index contributed by atoms with van der Waals surface area (Å²) in [7, 11) is 0. The fourth-order valence-corrected chi connectivity index (χ4v) is 2.45. The van der Waals surface area contributed by atoms with E-state index in [1.807, 2.05) is 37.3 Å². The van der Waals surface area contributed by atoms with Gasteiger partial charge in [0.2, 0.25) is 0 Å². The summed E-state index contributed by atoms with van der Waals surface area (Å²) in [6, 6.07) is 9.46. The number of benzene rings is 1. The zero-order valence-corrected chi connectivity index (χ0v) is 12.4. The van der Waals surface area contributed by atoms with Gasteiger partial charge in [-0.3, -0.25) is 14.3 Å². The predicted octanol–water partition coefficient (Wildman–Crippen LogP) is 2.32. The minimum atomic E-state index is -0.285. The molecule has 2 heterocycles. The Kier molecular flexibility index (Phi) is 3.58. The van der Waals surface area contributed by atoms with Crippen LogP contribution in [0.5, 0.6) is 0 Å². The number of fused-ring (bicyclic) bond motifs is 1. The Balaban J connectivity index is 2.18. The van der Waals surface area contributed by atoms with E-state index < -0.39 is 0 Å². The number of carbonyl (C=O) groups is 1. The van der Waals surface area contributed by atoms with Crippen molar-refractivity contribution in [3.8, 4) is 0 Å². The Morgan fingerprint density at radius 2 is 2.05 bits per heavy atom. The highest BCUT2D eigenvalue weighted by Gasteiger charge is 2.18. The highest BCUT2D eigenvalue weighted by molar-refractivity contribution is 5.94. The van der Waals surface area contributed by atoms with Crippen molar-refractivity contribution >= 4 is 17.1 Å². The van der Waals surface area contributed by atoms with Crippen molar-refractivity contribution < 1.29 is 4.79 Å². The molecule has 2 aromatic heterocycles. The molecular weight excluding hydrogens is 280 g/mol. The molecule has 3 rings (SSSR count). The molecule has 1 atom stereocenters. The molecule has 112 valence electrons. The first-order valence-electron chi connectivity index (χ1n) is 7.17. The molecule has 0 aliphatic heterocycles. The number of aromatic amines is 1. The van der Waals surface area contributed by atoms with Crippen molar-refractivity contribution in [2.24, 2.45) is 0 Å². The van der Waals surface area contributed by atoms with E-state index in [1.54, 1.807) is 6.92 Å². The van der Waals surface area contributed by atoms with Crippen LogP contribution < -0.4 is 5.69 Å². The number of H-pyrrole nitrogens is 1. The van der Waals surface area contributed by atoms with Crippen LogP contribution in [0.15, 0.2) is 41.3 Å². The molecule has 1 aromatic carbocycles. The normalized spacial score (nSPS) is 12.5. The fraction of sp³-hybridized carbons (Fsp3) is 0.250. The van der Waals surface area contributed by atoms with Crippen molar-refractivity contribution in [1.29, 1.82) is 0 Å². The van der Waals surface area contributed by atoms with Crippen LogP contribution in [-0.4, -0.2) is 25.3 Å². The van der Waals surface area contributed by atoms with E-state index in [0.717, 1.165) is 5.56 Å². The third kappa shape index (κ3) is 2.32. The summed E-state index contributed by atoms with van der Waals surface area (Å²) in [6.07, 6.45) is 1.75. The number of hydrogen-bond donors (Lipinski definition) is 1. The van der Waals surface area contributed by atoms with Gasteiger partial charge in [-0.15, -0.1) is 0 Å². The van der Waals surface area contributed by atoms with Crippen LogP contribution in [0.1, 0.15) is 42.4 Å². The van der Waals surface area contributed by atoms with E-state index in [0.29, 0.717) is 17.7 Å². The van der Waals surface area contributed by atoms with Gasteiger partial charge in [0.25, 0.3) is 0 Å². The lowest BCUT2D eigenvalue weighted by Gasteiger charge is -2.13. The van der Waals surface area contributed by atoms with Crippen molar-refractivity contribution in [3.05, 3.63) is 58.3 Å². The average molecular weight is 296 g/mol.